The second kappa shape index (κ2) is 5.09. The molecule has 5 nitrogen and oxygen atoms in total. The third-order valence-corrected chi connectivity index (χ3v) is 4.54. The first-order valence-corrected chi connectivity index (χ1v) is 7.47. The van der Waals surface area contributed by atoms with Gasteiger partial charge in [0.1, 0.15) is 0 Å². The fourth-order valence-electron chi connectivity index (χ4n) is 2.84. The molecule has 2 unspecified atom stereocenters. The van der Waals surface area contributed by atoms with E-state index in [9.17, 15) is 0 Å². The van der Waals surface area contributed by atoms with Crippen LogP contribution in [0.4, 0.5) is 5.95 Å². The van der Waals surface area contributed by atoms with Crippen molar-refractivity contribution in [2.45, 2.75) is 25.8 Å². The maximum absolute atomic E-state index is 5.93. The molecule has 0 saturated carbocycles. The van der Waals surface area contributed by atoms with Crippen molar-refractivity contribution in [2.75, 3.05) is 18.0 Å². The lowest BCUT2D eigenvalue weighted by Crippen LogP contribution is -2.49. The molecule has 6 heteroatoms. The Kier molecular flexibility index (Phi) is 3.45. The third kappa shape index (κ3) is 2.23. The van der Waals surface area contributed by atoms with Crippen LogP contribution in [0.1, 0.15) is 19.8 Å². The molecule has 0 aromatic carbocycles. The van der Waals surface area contributed by atoms with Gasteiger partial charge in [-0.2, -0.15) is 4.98 Å². The molecule has 1 fully saturated rings. The van der Waals surface area contributed by atoms with Gasteiger partial charge in [0.25, 0.3) is 0 Å². The van der Waals surface area contributed by atoms with Crippen LogP contribution in [0.2, 0.25) is 0 Å². The molecule has 19 heavy (non-hydrogen) atoms. The topological polar surface area (TPSA) is 59.5 Å². The van der Waals surface area contributed by atoms with Crippen molar-refractivity contribution in [1.29, 1.82) is 0 Å². The molecule has 0 radical (unpaired) electrons. The van der Waals surface area contributed by atoms with Gasteiger partial charge in [0.15, 0.2) is 5.65 Å². The number of nitrogens with zero attached hydrogens (tertiary/aromatic N) is 4. The smallest absolute Gasteiger partial charge is 0.246 e. The van der Waals surface area contributed by atoms with Gasteiger partial charge in [-0.3, -0.25) is 0 Å². The van der Waals surface area contributed by atoms with Crippen molar-refractivity contribution >= 4 is 27.5 Å². The fraction of sp³-hybridized carbons (Fsp3) is 0.538. The molecule has 1 saturated heterocycles. The molecule has 0 spiro atoms. The van der Waals surface area contributed by atoms with Crippen molar-refractivity contribution in [3.63, 3.8) is 0 Å². The molecule has 102 valence electrons. The first-order valence-electron chi connectivity index (χ1n) is 6.68. The number of anilines is 1. The van der Waals surface area contributed by atoms with Crippen LogP contribution in [0.25, 0.3) is 5.65 Å². The number of halogens is 1. The second-order valence-electron chi connectivity index (χ2n) is 5.15. The quantitative estimate of drug-likeness (QED) is 0.919. The summed E-state index contributed by atoms with van der Waals surface area (Å²) >= 11 is 3.51. The second-order valence-corrected chi connectivity index (χ2v) is 6.01. The Hall–Kier alpha value is -1.14. The third-order valence-electron chi connectivity index (χ3n) is 3.92. The summed E-state index contributed by atoms with van der Waals surface area (Å²) in [6.07, 6.45) is 4.32. The van der Waals surface area contributed by atoms with Crippen molar-refractivity contribution in [1.82, 2.24) is 14.6 Å². The van der Waals surface area contributed by atoms with Crippen molar-refractivity contribution in [2.24, 2.45) is 11.7 Å². The van der Waals surface area contributed by atoms with E-state index >= 15 is 0 Å². The Labute approximate surface area is 120 Å². The van der Waals surface area contributed by atoms with Crippen molar-refractivity contribution in [3.05, 3.63) is 22.8 Å². The minimum absolute atomic E-state index is 0.338. The Balaban J connectivity index is 2.00. The zero-order valence-corrected chi connectivity index (χ0v) is 12.5. The molecule has 2 atom stereocenters. The number of pyridine rings is 1. The highest BCUT2D eigenvalue weighted by Crippen LogP contribution is 2.27. The first kappa shape index (κ1) is 12.9. The Morgan fingerprint density at radius 3 is 3.11 bits per heavy atom. The molecule has 0 aliphatic carbocycles. The maximum Gasteiger partial charge on any atom is 0.246 e. The van der Waals surface area contributed by atoms with Gasteiger partial charge >= 0.3 is 0 Å². The lowest BCUT2D eigenvalue weighted by atomic mass is 9.91. The molecule has 2 aromatic heterocycles. The van der Waals surface area contributed by atoms with Gasteiger partial charge in [-0.05, 0) is 46.8 Å². The van der Waals surface area contributed by atoms with E-state index in [1.165, 1.54) is 12.8 Å². The SMILES string of the molecule is CC1CCCN(c2nc3c(Br)cccn3n2)C1CN. The van der Waals surface area contributed by atoms with Crippen LogP contribution in [-0.2, 0) is 0 Å². The standard InChI is InChI=1S/C13H18BrN5/c1-9-4-2-6-18(11(9)8-15)13-16-12-10(14)5-3-7-19(12)17-13/h3,5,7,9,11H,2,4,6,8,15H2,1H3. The van der Waals surface area contributed by atoms with Gasteiger partial charge in [-0.15, -0.1) is 5.10 Å². The van der Waals surface area contributed by atoms with E-state index in [4.69, 9.17) is 5.73 Å². The molecule has 0 bridgehead atoms. The van der Waals surface area contributed by atoms with Crippen LogP contribution in [-0.4, -0.2) is 33.7 Å². The van der Waals surface area contributed by atoms with E-state index in [0.717, 1.165) is 22.6 Å². The highest BCUT2D eigenvalue weighted by atomic mass is 79.9. The van der Waals surface area contributed by atoms with E-state index in [2.05, 4.69) is 37.8 Å². The lowest BCUT2D eigenvalue weighted by Gasteiger charge is -2.38. The maximum atomic E-state index is 5.93. The molecule has 1 aliphatic rings. The molecule has 1 aliphatic heterocycles. The van der Waals surface area contributed by atoms with Crippen LogP contribution in [0.3, 0.4) is 0 Å². The number of aromatic nitrogens is 3. The van der Waals surface area contributed by atoms with Crippen LogP contribution in [0.15, 0.2) is 22.8 Å². The van der Waals surface area contributed by atoms with E-state index < -0.39 is 0 Å². The normalized spacial score (nSPS) is 24.1. The summed E-state index contributed by atoms with van der Waals surface area (Å²) in [7, 11) is 0. The zero-order chi connectivity index (χ0) is 13.4. The zero-order valence-electron chi connectivity index (χ0n) is 11.0. The highest BCUT2D eigenvalue weighted by Gasteiger charge is 2.29. The Bertz CT molecular complexity index is 581. The van der Waals surface area contributed by atoms with Gasteiger partial charge in [0.05, 0.1) is 4.47 Å². The summed E-state index contributed by atoms with van der Waals surface area (Å²) < 4.78 is 2.77. The van der Waals surface area contributed by atoms with Crippen LogP contribution >= 0.6 is 15.9 Å². The Morgan fingerprint density at radius 1 is 1.53 bits per heavy atom. The largest absolute Gasteiger partial charge is 0.335 e. The number of nitrogens with two attached hydrogens (primary N) is 1. The monoisotopic (exact) mass is 323 g/mol. The van der Waals surface area contributed by atoms with E-state index in [-0.39, 0.29) is 0 Å². The summed E-state index contributed by atoms with van der Waals surface area (Å²) in [5.74, 6) is 1.38. The van der Waals surface area contributed by atoms with Gasteiger partial charge in [-0.1, -0.05) is 6.92 Å². The minimum Gasteiger partial charge on any atom is -0.335 e. The number of hydrogen-bond acceptors (Lipinski definition) is 4. The summed E-state index contributed by atoms with van der Waals surface area (Å²) in [5, 5.41) is 4.58. The molecule has 2 N–H and O–H groups in total. The lowest BCUT2D eigenvalue weighted by molar-refractivity contribution is 0.346. The van der Waals surface area contributed by atoms with E-state index in [0.29, 0.717) is 18.5 Å². The molecular formula is C13H18BrN5. The summed E-state index contributed by atoms with van der Waals surface area (Å²) in [6.45, 7) is 3.90. The van der Waals surface area contributed by atoms with Crippen LogP contribution < -0.4 is 10.6 Å². The van der Waals surface area contributed by atoms with Crippen LogP contribution in [0.5, 0.6) is 0 Å². The number of rotatable bonds is 2. The highest BCUT2D eigenvalue weighted by molar-refractivity contribution is 9.10. The molecule has 3 heterocycles. The van der Waals surface area contributed by atoms with E-state index in [1.54, 1.807) is 0 Å². The van der Waals surface area contributed by atoms with Gasteiger partial charge in [-0.25, -0.2) is 4.52 Å². The average Bonchev–Trinajstić information content (AvgIpc) is 2.84. The summed E-state index contributed by atoms with van der Waals surface area (Å²) in [4.78, 5) is 6.90. The number of hydrogen-bond donors (Lipinski definition) is 1. The van der Waals surface area contributed by atoms with Crippen molar-refractivity contribution in [3.8, 4) is 0 Å². The fourth-order valence-corrected chi connectivity index (χ4v) is 3.26. The Morgan fingerprint density at radius 2 is 2.37 bits per heavy atom. The number of piperidine rings is 1. The summed E-state index contributed by atoms with van der Waals surface area (Å²) in [6, 6.07) is 4.27. The molecule has 3 rings (SSSR count). The number of fused-ring (bicyclic) bond motifs is 1. The van der Waals surface area contributed by atoms with E-state index in [1.807, 2.05) is 22.8 Å². The van der Waals surface area contributed by atoms with Crippen LogP contribution in [0, 0.1) is 5.92 Å². The predicted molar refractivity (Wildman–Crippen MR) is 79.3 cm³/mol. The van der Waals surface area contributed by atoms with Gasteiger partial charge < -0.3 is 10.6 Å². The summed E-state index contributed by atoms with van der Waals surface area (Å²) in [5.41, 5.74) is 6.79. The minimum atomic E-state index is 0.338. The molecular weight excluding hydrogens is 306 g/mol. The average molecular weight is 324 g/mol. The van der Waals surface area contributed by atoms with Gasteiger partial charge in [0, 0.05) is 25.3 Å². The molecule has 2 aromatic rings. The predicted octanol–water partition coefficient (Wildman–Crippen LogP) is 2.06. The van der Waals surface area contributed by atoms with Gasteiger partial charge in [0.2, 0.25) is 5.95 Å². The molecule has 0 amide bonds. The van der Waals surface area contributed by atoms with Crippen molar-refractivity contribution < 1.29 is 0 Å². The first-order chi connectivity index (χ1) is 9.20.